The number of carboxylic acids is 1. The smallest absolute Gasteiger partial charge is 0.307 e. The second kappa shape index (κ2) is 8.04. The van der Waals surface area contributed by atoms with Crippen LogP contribution < -0.4 is 4.90 Å². The number of nitrogens with zero attached hydrogens (tertiary/aromatic N) is 1. The van der Waals surface area contributed by atoms with Gasteiger partial charge in [0.25, 0.3) is 0 Å². The summed E-state index contributed by atoms with van der Waals surface area (Å²) >= 11 is 12.7. The molecule has 0 heterocycles. The van der Waals surface area contributed by atoms with E-state index >= 15 is 0 Å². The average Bonchev–Trinajstić information content (AvgIpc) is 2.50. The maximum absolute atomic E-state index is 11.1. The molecule has 0 aliphatic rings. The summed E-state index contributed by atoms with van der Waals surface area (Å²) < 4.78 is 0. The first-order chi connectivity index (χ1) is 11.0. The summed E-state index contributed by atoms with van der Waals surface area (Å²) in [7, 11) is 0. The molecular formula is C18H17Cl2NO2. The van der Waals surface area contributed by atoms with Crippen LogP contribution in [-0.2, 0) is 11.2 Å². The van der Waals surface area contributed by atoms with Crippen LogP contribution in [0.5, 0.6) is 0 Å². The van der Waals surface area contributed by atoms with Crippen molar-refractivity contribution < 1.29 is 9.90 Å². The van der Waals surface area contributed by atoms with E-state index in [9.17, 15) is 4.79 Å². The van der Waals surface area contributed by atoms with Crippen LogP contribution in [0.15, 0.2) is 54.6 Å². The maximum Gasteiger partial charge on any atom is 0.307 e. The van der Waals surface area contributed by atoms with Crippen molar-refractivity contribution in [1.82, 2.24) is 0 Å². The topological polar surface area (TPSA) is 40.5 Å². The van der Waals surface area contributed by atoms with E-state index in [1.54, 1.807) is 24.3 Å². The Morgan fingerprint density at radius 1 is 1.13 bits per heavy atom. The normalized spacial score (nSPS) is 10.9. The van der Waals surface area contributed by atoms with Gasteiger partial charge in [-0.2, -0.15) is 0 Å². The number of carbonyl (C=O) groups is 1. The molecule has 0 amide bonds. The molecule has 2 aromatic rings. The molecule has 5 heteroatoms. The van der Waals surface area contributed by atoms with E-state index in [4.69, 9.17) is 28.3 Å². The van der Waals surface area contributed by atoms with E-state index in [1.807, 2.05) is 42.2 Å². The van der Waals surface area contributed by atoms with Crippen LogP contribution in [-0.4, -0.2) is 17.6 Å². The highest BCUT2D eigenvalue weighted by Crippen LogP contribution is 2.39. The minimum Gasteiger partial charge on any atom is -0.481 e. The number of hydrogen-bond acceptors (Lipinski definition) is 2. The Bertz CT molecular complexity index is 708. The van der Waals surface area contributed by atoms with E-state index in [0.29, 0.717) is 27.8 Å². The Kier molecular flexibility index (Phi) is 6.08. The van der Waals surface area contributed by atoms with Crippen molar-refractivity contribution in [3.8, 4) is 0 Å². The SMILES string of the molecule is CC=CCN(c1ccccc1CC(=O)O)c1c(Cl)cccc1Cl. The van der Waals surface area contributed by atoms with E-state index in [-0.39, 0.29) is 6.42 Å². The zero-order valence-electron chi connectivity index (χ0n) is 12.7. The molecule has 0 saturated carbocycles. The molecule has 23 heavy (non-hydrogen) atoms. The van der Waals surface area contributed by atoms with Crippen LogP contribution in [0.2, 0.25) is 10.0 Å². The third kappa shape index (κ3) is 4.27. The average molecular weight is 350 g/mol. The Labute approximate surface area is 145 Å². The van der Waals surface area contributed by atoms with Gasteiger partial charge in [0.2, 0.25) is 0 Å². The summed E-state index contributed by atoms with van der Waals surface area (Å²) in [6.07, 6.45) is 3.83. The Morgan fingerprint density at radius 3 is 2.39 bits per heavy atom. The molecule has 0 radical (unpaired) electrons. The van der Waals surface area contributed by atoms with Crippen molar-refractivity contribution in [2.45, 2.75) is 13.3 Å². The van der Waals surface area contributed by atoms with Crippen LogP contribution in [0, 0.1) is 0 Å². The lowest BCUT2D eigenvalue weighted by atomic mass is 10.1. The number of halogens is 2. The third-order valence-electron chi connectivity index (χ3n) is 3.36. The third-order valence-corrected chi connectivity index (χ3v) is 3.97. The lowest BCUT2D eigenvalue weighted by molar-refractivity contribution is -0.136. The highest BCUT2D eigenvalue weighted by atomic mass is 35.5. The summed E-state index contributed by atoms with van der Waals surface area (Å²) in [4.78, 5) is 13.1. The first kappa shape index (κ1) is 17.4. The monoisotopic (exact) mass is 349 g/mol. The molecule has 0 aromatic heterocycles. The fraction of sp³-hybridized carbons (Fsp3) is 0.167. The number of carboxylic acid groups (broad SMARTS) is 1. The Hall–Kier alpha value is -1.97. The maximum atomic E-state index is 11.1. The lowest BCUT2D eigenvalue weighted by Crippen LogP contribution is -2.20. The highest BCUT2D eigenvalue weighted by Gasteiger charge is 2.18. The van der Waals surface area contributed by atoms with Gasteiger partial charge >= 0.3 is 5.97 Å². The highest BCUT2D eigenvalue weighted by molar-refractivity contribution is 6.39. The Balaban J connectivity index is 2.58. The molecule has 0 aliphatic carbocycles. The fourth-order valence-electron chi connectivity index (χ4n) is 2.35. The number of allylic oxidation sites excluding steroid dienone is 1. The zero-order valence-corrected chi connectivity index (χ0v) is 14.2. The molecule has 0 atom stereocenters. The zero-order chi connectivity index (χ0) is 16.8. The van der Waals surface area contributed by atoms with Gasteiger partial charge in [0.05, 0.1) is 22.2 Å². The van der Waals surface area contributed by atoms with Gasteiger partial charge in [0.15, 0.2) is 0 Å². The van der Waals surface area contributed by atoms with Crippen LogP contribution in [0.4, 0.5) is 11.4 Å². The predicted octanol–water partition coefficient (Wildman–Crippen LogP) is 5.33. The van der Waals surface area contributed by atoms with Gasteiger partial charge in [-0.25, -0.2) is 0 Å². The molecule has 1 N–H and O–H groups in total. The number of rotatable bonds is 6. The molecule has 2 aromatic carbocycles. The van der Waals surface area contributed by atoms with Crippen LogP contribution >= 0.6 is 23.2 Å². The van der Waals surface area contributed by atoms with Crippen LogP contribution in [0.25, 0.3) is 0 Å². The summed E-state index contributed by atoms with van der Waals surface area (Å²) in [6, 6.07) is 12.7. The quantitative estimate of drug-likeness (QED) is 0.716. The van der Waals surface area contributed by atoms with E-state index < -0.39 is 5.97 Å². The standard InChI is InChI=1S/C18H17Cl2NO2/c1-2-3-11-21(18-14(19)8-6-9-15(18)20)16-10-5-4-7-13(16)12-17(22)23/h2-10H,11-12H2,1H3,(H,22,23). The van der Waals surface area contributed by atoms with E-state index in [0.717, 1.165) is 5.69 Å². The molecule has 0 unspecified atom stereocenters. The van der Waals surface area contributed by atoms with Crippen LogP contribution in [0.3, 0.4) is 0 Å². The molecule has 3 nitrogen and oxygen atoms in total. The number of benzene rings is 2. The molecule has 0 spiro atoms. The molecule has 0 saturated heterocycles. The van der Waals surface area contributed by atoms with Gasteiger partial charge in [-0.05, 0) is 30.7 Å². The fourth-order valence-corrected chi connectivity index (χ4v) is 2.96. The van der Waals surface area contributed by atoms with Crippen LogP contribution in [0.1, 0.15) is 12.5 Å². The van der Waals surface area contributed by atoms with Crippen molar-refractivity contribution >= 4 is 40.5 Å². The van der Waals surface area contributed by atoms with Gasteiger partial charge in [-0.1, -0.05) is 59.6 Å². The molecular weight excluding hydrogens is 333 g/mol. The predicted molar refractivity (Wildman–Crippen MR) is 96.1 cm³/mol. The number of hydrogen-bond donors (Lipinski definition) is 1. The second-order valence-corrected chi connectivity index (χ2v) is 5.76. The minimum atomic E-state index is -0.881. The first-order valence-electron chi connectivity index (χ1n) is 7.17. The van der Waals surface area contributed by atoms with Crippen molar-refractivity contribution in [1.29, 1.82) is 0 Å². The van der Waals surface area contributed by atoms with E-state index in [2.05, 4.69) is 0 Å². The van der Waals surface area contributed by atoms with Crippen molar-refractivity contribution in [2.75, 3.05) is 11.4 Å². The molecule has 0 fully saturated rings. The van der Waals surface area contributed by atoms with Crippen molar-refractivity contribution in [3.63, 3.8) is 0 Å². The molecule has 120 valence electrons. The summed E-state index contributed by atoms with van der Waals surface area (Å²) in [5.74, 6) is -0.881. The van der Waals surface area contributed by atoms with Gasteiger partial charge < -0.3 is 10.0 Å². The summed E-state index contributed by atoms with van der Waals surface area (Å²) in [5.41, 5.74) is 2.16. The number of para-hydroxylation sites is 2. The first-order valence-corrected chi connectivity index (χ1v) is 7.92. The summed E-state index contributed by atoms with van der Waals surface area (Å²) in [6.45, 7) is 2.46. The largest absolute Gasteiger partial charge is 0.481 e. The second-order valence-electron chi connectivity index (χ2n) is 4.95. The van der Waals surface area contributed by atoms with Gasteiger partial charge in [-0.3, -0.25) is 4.79 Å². The molecule has 0 aliphatic heterocycles. The van der Waals surface area contributed by atoms with Gasteiger partial charge in [0.1, 0.15) is 0 Å². The van der Waals surface area contributed by atoms with Crippen molar-refractivity contribution in [2.24, 2.45) is 0 Å². The Morgan fingerprint density at radius 2 is 1.78 bits per heavy atom. The van der Waals surface area contributed by atoms with Crippen molar-refractivity contribution in [3.05, 3.63) is 70.2 Å². The molecule has 0 bridgehead atoms. The summed E-state index contributed by atoms with van der Waals surface area (Å²) in [5, 5.41) is 10.2. The number of aliphatic carboxylic acids is 1. The number of anilines is 2. The lowest BCUT2D eigenvalue weighted by Gasteiger charge is -2.27. The van der Waals surface area contributed by atoms with Gasteiger partial charge in [0, 0.05) is 12.2 Å². The minimum absolute atomic E-state index is 0.0649. The molecule has 2 rings (SSSR count). The van der Waals surface area contributed by atoms with Gasteiger partial charge in [-0.15, -0.1) is 0 Å². The van der Waals surface area contributed by atoms with E-state index in [1.165, 1.54) is 0 Å².